The second-order valence-electron chi connectivity index (χ2n) is 1.34. The Kier molecular flexibility index (Phi) is 15.3. The first kappa shape index (κ1) is 12.8. The van der Waals surface area contributed by atoms with Gasteiger partial charge >= 0.3 is 0 Å². The zero-order valence-corrected chi connectivity index (χ0v) is 8.25. The van der Waals surface area contributed by atoms with E-state index in [1.54, 1.807) is 0 Å². The SMILES string of the molecule is C#CCC.C1CONO1.I. The summed E-state index contributed by atoms with van der Waals surface area (Å²) < 4.78 is 0. The number of rotatable bonds is 0. The molecule has 0 aromatic carbocycles. The van der Waals surface area contributed by atoms with Crippen LogP contribution in [0.3, 0.4) is 0 Å². The molecule has 0 radical (unpaired) electrons. The van der Waals surface area contributed by atoms with E-state index < -0.39 is 0 Å². The summed E-state index contributed by atoms with van der Waals surface area (Å²) in [6, 6.07) is 0. The van der Waals surface area contributed by atoms with Crippen LogP contribution in [-0.2, 0) is 9.68 Å². The van der Waals surface area contributed by atoms with Crippen LogP contribution in [0.15, 0.2) is 0 Å². The van der Waals surface area contributed by atoms with Gasteiger partial charge in [-0.05, 0) is 0 Å². The minimum atomic E-state index is 0. The smallest absolute Gasteiger partial charge is 0.0964 e. The van der Waals surface area contributed by atoms with Crippen LogP contribution in [0, 0.1) is 12.3 Å². The van der Waals surface area contributed by atoms with Gasteiger partial charge in [0.2, 0.25) is 0 Å². The van der Waals surface area contributed by atoms with Crippen molar-refractivity contribution in [3.63, 3.8) is 0 Å². The molecule has 0 amide bonds. The highest BCUT2D eigenvalue weighted by atomic mass is 127. The average molecular weight is 257 g/mol. The highest BCUT2D eigenvalue weighted by Gasteiger charge is 1.93. The summed E-state index contributed by atoms with van der Waals surface area (Å²) >= 11 is 0. The number of hydrogen-bond acceptors (Lipinski definition) is 3. The molecule has 0 atom stereocenters. The molecule has 0 aliphatic carbocycles. The zero-order valence-electron chi connectivity index (χ0n) is 5.92. The summed E-state index contributed by atoms with van der Waals surface area (Å²) in [5.41, 5.74) is 2.22. The van der Waals surface area contributed by atoms with Gasteiger partial charge in [0.15, 0.2) is 0 Å². The van der Waals surface area contributed by atoms with E-state index in [0.717, 1.165) is 6.42 Å². The third kappa shape index (κ3) is 11.0. The molecule has 0 spiro atoms. The van der Waals surface area contributed by atoms with Gasteiger partial charge in [0.25, 0.3) is 0 Å². The Morgan fingerprint density at radius 2 is 1.90 bits per heavy atom. The van der Waals surface area contributed by atoms with Crippen molar-refractivity contribution < 1.29 is 9.68 Å². The van der Waals surface area contributed by atoms with Gasteiger partial charge in [0, 0.05) is 6.42 Å². The molecule has 4 heteroatoms. The molecule has 0 aromatic heterocycles. The van der Waals surface area contributed by atoms with Crippen molar-refractivity contribution >= 4 is 24.0 Å². The van der Waals surface area contributed by atoms with Crippen molar-refractivity contribution in [3.05, 3.63) is 0 Å². The molecule has 3 nitrogen and oxygen atoms in total. The number of nitrogens with one attached hydrogen (secondary N) is 1. The standard InChI is InChI=1S/C4H6.C2H5NO2.HI/c1-3-4-2;1-2-5-3-4-1;/h1H,4H2,2H3;3H,1-2H2;1H. The monoisotopic (exact) mass is 257 g/mol. The maximum atomic E-state index is 4.78. The van der Waals surface area contributed by atoms with Crippen molar-refractivity contribution in [2.45, 2.75) is 13.3 Å². The third-order valence-corrected chi connectivity index (χ3v) is 0.609. The molecule has 1 rings (SSSR count). The highest BCUT2D eigenvalue weighted by Crippen LogP contribution is 1.77. The first-order valence-electron chi connectivity index (χ1n) is 2.83. The first-order valence-corrected chi connectivity index (χ1v) is 2.83. The molecule has 0 saturated carbocycles. The predicted molar refractivity (Wildman–Crippen MR) is 49.6 cm³/mol. The van der Waals surface area contributed by atoms with Gasteiger partial charge in [-0.1, -0.05) is 12.6 Å². The fourth-order valence-electron chi connectivity index (χ4n) is 0.208. The van der Waals surface area contributed by atoms with Crippen molar-refractivity contribution in [1.82, 2.24) is 5.64 Å². The van der Waals surface area contributed by atoms with Gasteiger partial charge in [-0.15, -0.1) is 36.3 Å². The fourth-order valence-corrected chi connectivity index (χ4v) is 0.208. The van der Waals surface area contributed by atoms with Gasteiger partial charge in [-0.25, -0.2) is 0 Å². The van der Waals surface area contributed by atoms with Gasteiger partial charge in [-0.3, -0.25) is 9.68 Å². The lowest BCUT2D eigenvalue weighted by molar-refractivity contribution is -0.0682. The van der Waals surface area contributed by atoms with Crippen molar-refractivity contribution in [2.24, 2.45) is 0 Å². The minimum Gasteiger partial charge on any atom is -0.274 e. The second kappa shape index (κ2) is 11.9. The topological polar surface area (TPSA) is 30.5 Å². The molecule has 1 aliphatic heterocycles. The van der Waals surface area contributed by atoms with Gasteiger partial charge in [-0.2, -0.15) is 0 Å². The van der Waals surface area contributed by atoms with Gasteiger partial charge < -0.3 is 0 Å². The molecule has 1 fully saturated rings. The number of hydrogen-bond donors (Lipinski definition) is 1. The highest BCUT2D eigenvalue weighted by molar-refractivity contribution is 14.0. The summed E-state index contributed by atoms with van der Waals surface area (Å²) in [6.07, 6.45) is 5.62. The lowest BCUT2D eigenvalue weighted by atomic mass is 10.5. The molecular formula is C6H12INO2. The van der Waals surface area contributed by atoms with Crippen LogP contribution in [0.4, 0.5) is 0 Å². The third-order valence-electron chi connectivity index (χ3n) is 0.609. The largest absolute Gasteiger partial charge is 0.274 e. The Balaban J connectivity index is 0. The van der Waals surface area contributed by atoms with E-state index in [0.29, 0.717) is 13.2 Å². The Morgan fingerprint density at radius 1 is 1.50 bits per heavy atom. The van der Waals surface area contributed by atoms with Gasteiger partial charge in [0.05, 0.1) is 13.2 Å². The summed E-state index contributed by atoms with van der Waals surface area (Å²) in [6.45, 7) is 3.28. The maximum absolute atomic E-state index is 4.78. The van der Waals surface area contributed by atoms with E-state index in [2.05, 4.69) is 21.2 Å². The van der Waals surface area contributed by atoms with Crippen molar-refractivity contribution in [1.29, 1.82) is 0 Å². The van der Waals surface area contributed by atoms with Gasteiger partial charge in [0.1, 0.15) is 0 Å². The predicted octanol–water partition coefficient (Wildman–Crippen LogP) is 1.10. The molecule has 1 N–H and O–H groups in total. The van der Waals surface area contributed by atoms with Crippen LogP contribution in [0.25, 0.3) is 0 Å². The maximum Gasteiger partial charge on any atom is 0.0964 e. The number of halogens is 1. The molecule has 1 saturated heterocycles. The van der Waals surface area contributed by atoms with E-state index >= 15 is 0 Å². The molecule has 1 aliphatic rings. The molecular weight excluding hydrogens is 245 g/mol. The zero-order chi connectivity index (χ0) is 6.95. The van der Waals surface area contributed by atoms with E-state index in [9.17, 15) is 0 Å². The first-order chi connectivity index (χ1) is 4.41. The quantitative estimate of drug-likeness (QED) is 0.520. The number of terminal acetylenes is 1. The summed E-state index contributed by atoms with van der Waals surface area (Å²) in [4.78, 5) is 8.94. The van der Waals surface area contributed by atoms with E-state index in [4.69, 9.17) is 6.42 Å². The van der Waals surface area contributed by atoms with E-state index in [1.165, 1.54) is 0 Å². The fraction of sp³-hybridized carbons (Fsp3) is 0.667. The van der Waals surface area contributed by atoms with Crippen molar-refractivity contribution in [3.8, 4) is 12.3 Å². The molecule has 1 heterocycles. The Hall–Kier alpha value is 0.170. The van der Waals surface area contributed by atoms with Crippen molar-refractivity contribution in [2.75, 3.05) is 13.2 Å². The Labute approximate surface area is 78.4 Å². The molecule has 0 unspecified atom stereocenters. The summed E-state index contributed by atoms with van der Waals surface area (Å²) in [5.74, 6) is 2.43. The van der Waals surface area contributed by atoms with Crippen LogP contribution in [0.2, 0.25) is 0 Å². The van der Waals surface area contributed by atoms with Crippen LogP contribution >= 0.6 is 24.0 Å². The second-order valence-corrected chi connectivity index (χ2v) is 1.34. The summed E-state index contributed by atoms with van der Waals surface area (Å²) in [5, 5.41) is 0. The minimum absolute atomic E-state index is 0. The van der Waals surface area contributed by atoms with Crippen LogP contribution < -0.4 is 5.64 Å². The Morgan fingerprint density at radius 3 is 2.00 bits per heavy atom. The van der Waals surface area contributed by atoms with Crippen LogP contribution in [0.5, 0.6) is 0 Å². The summed E-state index contributed by atoms with van der Waals surface area (Å²) in [7, 11) is 0. The molecule has 60 valence electrons. The Bertz CT molecular complexity index is 80.6. The molecule has 0 aromatic rings. The average Bonchev–Trinajstić information content (AvgIpc) is 2.43. The lowest BCUT2D eigenvalue weighted by Crippen LogP contribution is -1.99. The van der Waals surface area contributed by atoms with E-state index in [-0.39, 0.29) is 24.0 Å². The molecule has 10 heavy (non-hydrogen) atoms. The van der Waals surface area contributed by atoms with Crippen LogP contribution in [-0.4, -0.2) is 13.2 Å². The van der Waals surface area contributed by atoms with E-state index in [1.807, 2.05) is 6.92 Å². The van der Waals surface area contributed by atoms with Crippen LogP contribution in [0.1, 0.15) is 13.3 Å². The normalized spacial score (nSPS) is 14.0. The lowest BCUT2D eigenvalue weighted by Gasteiger charge is -1.79. The molecule has 0 bridgehead atoms.